The Morgan fingerprint density at radius 1 is 1.31 bits per heavy atom. The first-order valence-electron chi connectivity index (χ1n) is 9.54. The Hall–Kier alpha value is -2.33. The summed E-state index contributed by atoms with van der Waals surface area (Å²) in [7, 11) is 0. The molecule has 5 rings (SSSR count). The van der Waals surface area contributed by atoms with Crippen molar-refractivity contribution in [1.82, 2.24) is 15.3 Å². The van der Waals surface area contributed by atoms with Crippen molar-refractivity contribution in [2.45, 2.75) is 44.6 Å². The third-order valence-corrected chi connectivity index (χ3v) is 6.24. The SMILES string of the molecule is CCc1cc(-c2nccs2)c2oc(N3CC4CCC(C3)N4)nc2c1OC(F)(F)F. The number of thiazole rings is 1. The molecule has 0 spiro atoms. The van der Waals surface area contributed by atoms with E-state index >= 15 is 0 Å². The first-order chi connectivity index (χ1) is 13.9. The van der Waals surface area contributed by atoms with Crippen molar-refractivity contribution in [3.8, 4) is 16.3 Å². The Morgan fingerprint density at radius 2 is 2.07 bits per heavy atom. The summed E-state index contributed by atoms with van der Waals surface area (Å²) in [6.45, 7) is 3.21. The summed E-state index contributed by atoms with van der Waals surface area (Å²) < 4.78 is 49.8. The van der Waals surface area contributed by atoms with Gasteiger partial charge in [0.25, 0.3) is 6.01 Å². The average Bonchev–Trinajstić information content (AvgIpc) is 3.41. The molecule has 4 heterocycles. The van der Waals surface area contributed by atoms with Crippen molar-refractivity contribution in [1.29, 1.82) is 0 Å². The van der Waals surface area contributed by atoms with Gasteiger partial charge in [0.15, 0.2) is 16.8 Å². The number of nitrogens with zero attached hydrogens (tertiary/aromatic N) is 3. The van der Waals surface area contributed by atoms with Gasteiger partial charge in [0.2, 0.25) is 0 Å². The fourth-order valence-corrected chi connectivity index (χ4v) is 4.85. The molecule has 2 atom stereocenters. The summed E-state index contributed by atoms with van der Waals surface area (Å²) >= 11 is 1.40. The van der Waals surface area contributed by atoms with E-state index in [4.69, 9.17) is 4.42 Å². The van der Waals surface area contributed by atoms with Crippen molar-refractivity contribution in [3.05, 3.63) is 23.2 Å². The van der Waals surface area contributed by atoms with Crippen LogP contribution in [0.3, 0.4) is 0 Å². The minimum Gasteiger partial charge on any atom is -0.422 e. The number of fused-ring (bicyclic) bond motifs is 3. The number of hydrogen-bond acceptors (Lipinski definition) is 7. The van der Waals surface area contributed by atoms with E-state index in [1.54, 1.807) is 19.2 Å². The lowest BCUT2D eigenvalue weighted by atomic mass is 10.1. The van der Waals surface area contributed by atoms with Gasteiger partial charge in [-0.15, -0.1) is 24.5 Å². The number of ether oxygens (including phenoxy) is 1. The van der Waals surface area contributed by atoms with Crippen LogP contribution in [0.25, 0.3) is 21.7 Å². The fourth-order valence-electron chi connectivity index (χ4n) is 4.20. The van der Waals surface area contributed by atoms with Crippen molar-refractivity contribution in [3.63, 3.8) is 0 Å². The molecule has 2 aliphatic heterocycles. The second-order valence-electron chi connectivity index (χ2n) is 7.37. The number of halogens is 3. The van der Waals surface area contributed by atoms with Crippen LogP contribution in [0.1, 0.15) is 25.3 Å². The molecule has 0 saturated carbocycles. The molecule has 2 fully saturated rings. The quantitative estimate of drug-likeness (QED) is 0.672. The molecule has 0 radical (unpaired) electrons. The van der Waals surface area contributed by atoms with Crippen LogP contribution in [0.5, 0.6) is 5.75 Å². The topological polar surface area (TPSA) is 63.4 Å². The highest BCUT2D eigenvalue weighted by atomic mass is 32.1. The van der Waals surface area contributed by atoms with Crippen LogP contribution < -0.4 is 15.0 Å². The first kappa shape index (κ1) is 18.7. The Morgan fingerprint density at radius 3 is 2.69 bits per heavy atom. The van der Waals surface area contributed by atoms with E-state index in [1.165, 1.54) is 11.3 Å². The minimum absolute atomic E-state index is 0.0905. The van der Waals surface area contributed by atoms with Gasteiger partial charge in [-0.1, -0.05) is 6.92 Å². The normalized spacial score (nSPS) is 21.9. The van der Waals surface area contributed by atoms with Gasteiger partial charge in [-0.2, -0.15) is 4.98 Å². The number of aromatic nitrogens is 2. The Balaban J connectivity index is 1.67. The second kappa shape index (κ2) is 6.88. The Kier molecular flexibility index (Phi) is 4.43. The van der Waals surface area contributed by atoms with Crippen LogP contribution in [-0.4, -0.2) is 41.5 Å². The molecule has 10 heteroatoms. The van der Waals surface area contributed by atoms with E-state index in [1.807, 2.05) is 10.3 Å². The predicted octanol–water partition coefficient (Wildman–Crippen LogP) is 4.35. The minimum atomic E-state index is -4.81. The number of nitrogens with one attached hydrogen (secondary N) is 1. The Labute approximate surface area is 168 Å². The van der Waals surface area contributed by atoms with Gasteiger partial charge in [0.1, 0.15) is 5.01 Å². The molecule has 0 aliphatic carbocycles. The third kappa shape index (κ3) is 3.44. The van der Waals surface area contributed by atoms with Crippen LogP contribution in [0.15, 0.2) is 22.1 Å². The second-order valence-corrected chi connectivity index (χ2v) is 8.26. The van der Waals surface area contributed by atoms with Gasteiger partial charge in [0.05, 0.1) is 5.56 Å². The lowest BCUT2D eigenvalue weighted by molar-refractivity contribution is -0.274. The van der Waals surface area contributed by atoms with E-state index in [-0.39, 0.29) is 16.8 Å². The summed E-state index contributed by atoms with van der Waals surface area (Å²) in [5.41, 5.74) is 1.42. The van der Waals surface area contributed by atoms with E-state index in [0.717, 1.165) is 12.8 Å². The highest BCUT2D eigenvalue weighted by molar-refractivity contribution is 7.13. The molecular weight excluding hydrogens is 405 g/mol. The first-order valence-corrected chi connectivity index (χ1v) is 10.4. The summed E-state index contributed by atoms with van der Waals surface area (Å²) in [4.78, 5) is 10.8. The van der Waals surface area contributed by atoms with E-state index in [0.29, 0.717) is 53.7 Å². The molecule has 29 heavy (non-hydrogen) atoms. The number of anilines is 1. The number of oxazole rings is 1. The van der Waals surface area contributed by atoms with Crippen molar-refractivity contribution in [2.24, 2.45) is 0 Å². The van der Waals surface area contributed by atoms with Crippen LogP contribution in [0.4, 0.5) is 19.2 Å². The third-order valence-electron chi connectivity index (χ3n) is 5.43. The average molecular weight is 424 g/mol. The highest BCUT2D eigenvalue weighted by Crippen LogP contribution is 2.42. The molecule has 2 aliphatic rings. The number of hydrogen-bond donors (Lipinski definition) is 1. The molecule has 1 aromatic carbocycles. The van der Waals surface area contributed by atoms with Crippen molar-refractivity contribution >= 4 is 28.5 Å². The maximum Gasteiger partial charge on any atom is 0.573 e. The molecule has 2 aromatic heterocycles. The maximum atomic E-state index is 13.1. The molecular formula is C19H19F3N4O2S. The van der Waals surface area contributed by atoms with Gasteiger partial charge in [-0.3, -0.25) is 0 Å². The lowest BCUT2D eigenvalue weighted by Crippen LogP contribution is -2.51. The number of benzene rings is 1. The molecule has 154 valence electrons. The van der Waals surface area contributed by atoms with Crippen LogP contribution >= 0.6 is 11.3 Å². The van der Waals surface area contributed by atoms with Crippen LogP contribution in [0, 0.1) is 0 Å². The number of aryl methyl sites for hydroxylation is 1. The molecule has 6 nitrogen and oxygen atoms in total. The highest BCUT2D eigenvalue weighted by Gasteiger charge is 2.37. The van der Waals surface area contributed by atoms with E-state index < -0.39 is 6.36 Å². The number of rotatable bonds is 4. The standard InChI is InChI=1S/C19H19F3N4O2S/c1-2-10-7-13(17-23-5-6-29-17)16-14(15(10)28-19(20,21)22)25-18(27-16)26-8-11-3-4-12(9-26)24-11/h5-7,11-12,24H,2-4,8-9H2,1H3. The van der Waals surface area contributed by atoms with Crippen LogP contribution in [-0.2, 0) is 6.42 Å². The summed E-state index contributed by atoms with van der Waals surface area (Å²) in [6.07, 6.45) is -0.641. The predicted molar refractivity (Wildman–Crippen MR) is 103 cm³/mol. The fraction of sp³-hybridized carbons (Fsp3) is 0.474. The van der Waals surface area contributed by atoms with Crippen LogP contribution in [0.2, 0.25) is 0 Å². The van der Waals surface area contributed by atoms with Gasteiger partial charge in [0, 0.05) is 36.8 Å². The smallest absolute Gasteiger partial charge is 0.422 e. The van der Waals surface area contributed by atoms with Gasteiger partial charge >= 0.3 is 6.36 Å². The Bertz CT molecular complexity index is 1020. The molecule has 0 amide bonds. The zero-order chi connectivity index (χ0) is 20.2. The van der Waals surface area contributed by atoms with E-state index in [2.05, 4.69) is 20.0 Å². The molecule has 2 saturated heterocycles. The lowest BCUT2D eigenvalue weighted by Gasteiger charge is -2.31. The monoisotopic (exact) mass is 424 g/mol. The van der Waals surface area contributed by atoms with Gasteiger partial charge in [-0.05, 0) is 30.9 Å². The summed E-state index contributed by atoms with van der Waals surface area (Å²) in [5, 5.41) is 6.02. The zero-order valence-electron chi connectivity index (χ0n) is 15.6. The summed E-state index contributed by atoms with van der Waals surface area (Å²) in [5.74, 6) is -0.289. The maximum absolute atomic E-state index is 13.1. The zero-order valence-corrected chi connectivity index (χ0v) is 16.4. The summed E-state index contributed by atoms with van der Waals surface area (Å²) in [6, 6.07) is 2.69. The van der Waals surface area contributed by atoms with Crippen molar-refractivity contribution in [2.75, 3.05) is 18.0 Å². The molecule has 1 N–H and O–H groups in total. The van der Waals surface area contributed by atoms with Gasteiger partial charge < -0.3 is 19.4 Å². The molecule has 2 bridgehead atoms. The molecule has 3 aromatic rings. The van der Waals surface area contributed by atoms with E-state index in [9.17, 15) is 13.2 Å². The van der Waals surface area contributed by atoms with Crippen molar-refractivity contribution < 1.29 is 22.3 Å². The largest absolute Gasteiger partial charge is 0.573 e. The van der Waals surface area contributed by atoms with Gasteiger partial charge in [-0.25, -0.2) is 4.98 Å². The molecule has 2 unspecified atom stereocenters. The number of alkyl halides is 3. The number of piperazine rings is 1.